The fraction of sp³-hybridized carbons (Fsp3) is 0.235. The normalized spacial score (nSPS) is 10.7. The van der Waals surface area contributed by atoms with Gasteiger partial charge in [-0.25, -0.2) is 0 Å². The Labute approximate surface area is 120 Å². The SMILES string of the molecule is CCCOc1ccc(/C=N/Nc2ccc(C)cc2)cc1. The highest BCUT2D eigenvalue weighted by Crippen LogP contribution is 2.12. The van der Waals surface area contributed by atoms with Crippen LogP contribution in [-0.2, 0) is 0 Å². The van der Waals surface area contributed by atoms with Gasteiger partial charge in [0.25, 0.3) is 0 Å². The molecule has 0 unspecified atom stereocenters. The number of nitrogens with zero attached hydrogens (tertiary/aromatic N) is 1. The van der Waals surface area contributed by atoms with Crippen molar-refractivity contribution in [2.45, 2.75) is 20.3 Å². The number of rotatable bonds is 6. The zero-order valence-electron chi connectivity index (χ0n) is 12.0. The van der Waals surface area contributed by atoms with Gasteiger partial charge in [0, 0.05) is 0 Å². The summed E-state index contributed by atoms with van der Waals surface area (Å²) < 4.78 is 5.54. The Kier molecular flexibility index (Phi) is 5.18. The molecule has 0 spiro atoms. The molecule has 0 atom stereocenters. The minimum Gasteiger partial charge on any atom is -0.494 e. The van der Waals surface area contributed by atoms with Crippen LogP contribution in [0.1, 0.15) is 24.5 Å². The average Bonchev–Trinajstić information content (AvgIpc) is 2.48. The van der Waals surface area contributed by atoms with Crippen LogP contribution in [0.25, 0.3) is 0 Å². The van der Waals surface area contributed by atoms with Crippen LogP contribution >= 0.6 is 0 Å². The van der Waals surface area contributed by atoms with Crippen LogP contribution in [0.3, 0.4) is 0 Å². The molecule has 104 valence electrons. The molecule has 20 heavy (non-hydrogen) atoms. The van der Waals surface area contributed by atoms with Gasteiger partial charge in [-0.05, 0) is 55.3 Å². The largest absolute Gasteiger partial charge is 0.494 e. The first-order valence-corrected chi connectivity index (χ1v) is 6.86. The summed E-state index contributed by atoms with van der Waals surface area (Å²) in [5, 5.41) is 4.22. The Hall–Kier alpha value is -2.29. The van der Waals surface area contributed by atoms with Crippen LogP contribution in [0.2, 0.25) is 0 Å². The Morgan fingerprint density at radius 1 is 1.05 bits per heavy atom. The molecule has 0 bridgehead atoms. The van der Waals surface area contributed by atoms with Crippen molar-refractivity contribution in [3.8, 4) is 5.75 Å². The lowest BCUT2D eigenvalue weighted by molar-refractivity contribution is 0.317. The molecule has 0 aliphatic heterocycles. The zero-order chi connectivity index (χ0) is 14.2. The van der Waals surface area contributed by atoms with Crippen molar-refractivity contribution < 1.29 is 4.74 Å². The number of ether oxygens (including phenoxy) is 1. The van der Waals surface area contributed by atoms with Crippen LogP contribution in [-0.4, -0.2) is 12.8 Å². The number of hydrogen-bond acceptors (Lipinski definition) is 3. The maximum Gasteiger partial charge on any atom is 0.119 e. The van der Waals surface area contributed by atoms with Crippen molar-refractivity contribution in [2.24, 2.45) is 5.10 Å². The van der Waals surface area contributed by atoms with E-state index in [1.54, 1.807) is 6.21 Å². The van der Waals surface area contributed by atoms with Gasteiger partial charge in [-0.3, -0.25) is 5.43 Å². The molecular weight excluding hydrogens is 248 g/mol. The lowest BCUT2D eigenvalue weighted by Crippen LogP contribution is -1.95. The third-order valence-corrected chi connectivity index (χ3v) is 2.81. The van der Waals surface area contributed by atoms with Crippen LogP contribution in [0.5, 0.6) is 5.75 Å². The molecule has 3 heteroatoms. The van der Waals surface area contributed by atoms with Gasteiger partial charge in [-0.1, -0.05) is 24.6 Å². The molecule has 3 nitrogen and oxygen atoms in total. The summed E-state index contributed by atoms with van der Waals surface area (Å²) in [4.78, 5) is 0. The lowest BCUT2D eigenvalue weighted by atomic mass is 10.2. The number of aryl methyl sites for hydroxylation is 1. The molecule has 2 aromatic carbocycles. The highest BCUT2D eigenvalue weighted by atomic mass is 16.5. The smallest absolute Gasteiger partial charge is 0.119 e. The first kappa shape index (κ1) is 14.1. The second-order valence-electron chi connectivity index (χ2n) is 4.65. The topological polar surface area (TPSA) is 33.6 Å². The molecule has 1 N–H and O–H groups in total. The molecule has 0 aromatic heterocycles. The molecule has 0 fully saturated rings. The number of anilines is 1. The summed E-state index contributed by atoms with van der Waals surface area (Å²) >= 11 is 0. The lowest BCUT2D eigenvalue weighted by Gasteiger charge is -2.04. The average molecular weight is 268 g/mol. The number of hydrazone groups is 1. The van der Waals surface area contributed by atoms with Crippen LogP contribution in [0, 0.1) is 6.92 Å². The van der Waals surface area contributed by atoms with Crippen molar-refractivity contribution in [3.05, 3.63) is 59.7 Å². The van der Waals surface area contributed by atoms with E-state index in [9.17, 15) is 0 Å². The van der Waals surface area contributed by atoms with Gasteiger partial charge in [0.1, 0.15) is 5.75 Å². The third kappa shape index (κ3) is 4.43. The van der Waals surface area contributed by atoms with Gasteiger partial charge in [-0.2, -0.15) is 5.10 Å². The van der Waals surface area contributed by atoms with Crippen LogP contribution in [0.4, 0.5) is 5.69 Å². The Bertz CT molecular complexity index is 544. The number of benzene rings is 2. The van der Waals surface area contributed by atoms with Gasteiger partial charge in [0.05, 0.1) is 18.5 Å². The van der Waals surface area contributed by atoms with Crippen molar-refractivity contribution in [2.75, 3.05) is 12.0 Å². The number of nitrogens with one attached hydrogen (secondary N) is 1. The summed E-state index contributed by atoms with van der Waals surface area (Å²) in [6, 6.07) is 16.0. The van der Waals surface area contributed by atoms with Gasteiger partial charge in [-0.15, -0.1) is 0 Å². The molecular formula is C17H20N2O. The standard InChI is InChI=1S/C17H20N2O/c1-3-12-20-17-10-6-15(7-11-17)13-18-19-16-8-4-14(2)5-9-16/h4-11,13,19H,3,12H2,1-2H3/b18-13+. The maximum absolute atomic E-state index is 5.54. The highest BCUT2D eigenvalue weighted by molar-refractivity contribution is 5.80. The molecule has 0 aliphatic carbocycles. The van der Waals surface area contributed by atoms with Crippen LogP contribution < -0.4 is 10.2 Å². The second-order valence-corrected chi connectivity index (χ2v) is 4.65. The predicted molar refractivity (Wildman–Crippen MR) is 84.6 cm³/mol. The molecule has 0 saturated carbocycles. The highest BCUT2D eigenvalue weighted by Gasteiger charge is 1.93. The number of hydrogen-bond donors (Lipinski definition) is 1. The van der Waals surface area contributed by atoms with E-state index < -0.39 is 0 Å². The van der Waals surface area contributed by atoms with E-state index in [2.05, 4.69) is 36.5 Å². The molecule has 0 saturated heterocycles. The minimum atomic E-state index is 0.752. The van der Waals surface area contributed by atoms with E-state index in [1.165, 1.54) is 5.56 Å². The first-order valence-electron chi connectivity index (χ1n) is 6.86. The first-order chi connectivity index (χ1) is 9.78. The molecule has 2 aromatic rings. The molecule has 0 heterocycles. The van der Waals surface area contributed by atoms with E-state index in [1.807, 2.05) is 36.4 Å². The zero-order valence-corrected chi connectivity index (χ0v) is 12.0. The van der Waals surface area contributed by atoms with E-state index in [0.29, 0.717) is 0 Å². The fourth-order valence-corrected chi connectivity index (χ4v) is 1.68. The summed E-state index contributed by atoms with van der Waals surface area (Å²) in [6.07, 6.45) is 2.81. The summed E-state index contributed by atoms with van der Waals surface area (Å²) in [6.45, 7) is 4.91. The second kappa shape index (κ2) is 7.34. The van der Waals surface area contributed by atoms with E-state index in [0.717, 1.165) is 30.0 Å². The van der Waals surface area contributed by atoms with Crippen molar-refractivity contribution >= 4 is 11.9 Å². The summed E-state index contributed by atoms with van der Waals surface area (Å²) in [7, 11) is 0. The van der Waals surface area contributed by atoms with Gasteiger partial charge < -0.3 is 4.74 Å². The van der Waals surface area contributed by atoms with Gasteiger partial charge in [0.15, 0.2) is 0 Å². The van der Waals surface area contributed by atoms with Crippen molar-refractivity contribution in [3.63, 3.8) is 0 Å². The Balaban J connectivity index is 1.89. The van der Waals surface area contributed by atoms with E-state index in [4.69, 9.17) is 4.74 Å². The van der Waals surface area contributed by atoms with Gasteiger partial charge in [0.2, 0.25) is 0 Å². The Morgan fingerprint density at radius 2 is 1.75 bits per heavy atom. The monoisotopic (exact) mass is 268 g/mol. The third-order valence-electron chi connectivity index (χ3n) is 2.81. The van der Waals surface area contributed by atoms with Crippen LogP contribution in [0.15, 0.2) is 53.6 Å². The Morgan fingerprint density at radius 3 is 2.40 bits per heavy atom. The summed E-state index contributed by atoms with van der Waals surface area (Å²) in [5.41, 5.74) is 6.26. The molecule has 0 amide bonds. The molecule has 0 radical (unpaired) electrons. The molecule has 2 rings (SSSR count). The van der Waals surface area contributed by atoms with Crippen molar-refractivity contribution in [1.29, 1.82) is 0 Å². The fourth-order valence-electron chi connectivity index (χ4n) is 1.68. The minimum absolute atomic E-state index is 0.752. The predicted octanol–water partition coefficient (Wildman–Crippen LogP) is 4.23. The van der Waals surface area contributed by atoms with E-state index >= 15 is 0 Å². The van der Waals surface area contributed by atoms with Crippen molar-refractivity contribution in [1.82, 2.24) is 0 Å². The van der Waals surface area contributed by atoms with E-state index in [-0.39, 0.29) is 0 Å². The quantitative estimate of drug-likeness (QED) is 0.628. The summed E-state index contributed by atoms with van der Waals surface area (Å²) in [5.74, 6) is 0.899. The maximum atomic E-state index is 5.54. The van der Waals surface area contributed by atoms with Gasteiger partial charge >= 0.3 is 0 Å². The molecule has 0 aliphatic rings.